The summed E-state index contributed by atoms with van der Waals surface area (Å²) in [6.45, 7) is 2.38. The summed E-state index contributed by atoms with van der Waals surface area (Å²) in [6.07, 6.45) is 1.77. The molecule has 0 atom stereocenters. The van der Waals surface area contributed by atoms with E-state index in [2.05, 4.69) is 15.0 Å². The van der Waals surface area contributed by atoms with Gasteiger partial charge in [0.1, 0.15) is 0 Å². The van der Waals surface area contributed by atoms with Crippen LogP contribution in [-0.4, -0.2) is 15.0 Å². The molecular weight excluding hydrogens is 228 g/mol. The average Bonchev–Trinajstić information content (AvgIpc) is 2.69. The predicted octanol–water partition coefficient (Wildman–Crippen LogP) is 1.85. The van der Waals surface area contributed by atoms with Crippen LogP contribution in [0.1, 0.15) is 11.4 Å². The van der Waals surface area contributed by atoms with Gasteiger partial charge in [-0.2, -0.15) is 0 Å². The molecule has 0 fully saturated rings. The van der Waals surface area contributed by atoms with E-state index in [-0.39, 0.29) is 0 Å². The molecule has 0 aromatic carbocycles. The Morgan fingerprint density at radius 3 is 3.00 bits per heavy atom. The van der Waals surface area contributed by atoms with Gasteiger partial charge in [-0.15, -0.1) is 11.3 Å². The van der Waals surface area contributed by atoms with Crippen molar-refractivity contribution in [2.75, 3.05) is 0 Å². The lowest BCUT2D eigenvalue weighted by Crippen LogP contribution is -2.02. The molecule has 2 aromatic heterocycles. The third-order valence-corrected chi connectivity index (χ3v) is 3.43. The van der Waals surface area contributed by atoms with E-state index >= 15 is 0 Å². The molecule has 2 N–H and O–H groups in total. The lowest BCUT2D eigenvalue weighted by Gasteiger charge is -2.01. The Bertz CT molecular complexity index is 441. The molecule has 2 heterocycles. The van der Waals surface area contributed by atoms with Crippen LogP contribution in [0.2, 0.25) is 0 Å². The molecule has 0 radical (unpaired) electrons. The van der Waals surface area contributed by atoms with E-state index in [1.165, 1.54) is 11.8 Å². The normalized spacial score (nSPS) is 10.5. The molecule has 0 spiro atoms. The Morgan fingerprint density at radius 2 is 2.33 bits per heavy atom. The third-order valence-electron chi connectivity index (χ3n) is 1.68. The lowest BCUT2D eigenvalue weighted by molar-refractivity contribution is 0.854. The van der Waals surface area contributed by atoms with Crippen molar-refractivity contribution in [1.82, 2.24) is 15.0 Å². The van der Waals surface area contributed by atoms with E-state index in [0.717, 1.165) is 15.7 Å². The standard InChI is InChI=1S/C9H10N4S2/c1-6-4-7(5-10)13-8(12-6)15-9-11-2-3-14-9/h2-4H,5,10H2,1H3. The summed E-state index contributed by atoms with van der Waals surface area (Å²) in [5, 5.41) is 2.65. The number of aryl methyl sites for hydroxylation is 1. The predicted molar refractivity (Wildman–Crippen MR) is 60.9 cm³/mol. The maximum absolute atomic E-state index is 5.55. The summed E-state index contributed by atoms with van der Waals surface area (Å²) >= 11 is 3.05. The molecule has 0 aliphatic carbocycles. The van der Waals surface area contributed by atoms with Gasteiger partial charge in [0.2, 0.25) is 0 Å². The van der Waals surface area contributed by atoms with Crippen LogP contribution in [0.3, 0.4) is 0 Å². The van der Waals surface area contributed by atoms with Crippen molar-refractivity contribution in [3.05, 3.63) is 29.0 Å². The first-order chi connectivity index (χ1) is 7.28. The Balaban J connectivity index is 2.24. The fraction of sp³-hybridized carbons (Fsp3) is 0.222. The first kappa shape index (κ1) is 10.5. The lowest BCUT2D eigenvalue weighted by atomic mass is 10.3. The molecule has 0 aliphatic rings. The van der Waals surface area contributed by atoms with E-state index < -0.39 is 0 Å². The van der Waals surface area contributed by atoms with Gasteiger partial charge in [0.25, 0.3) is 0 Å². The molecule has 0 unspecified atom stereocenters. The molecule has 6 heteroatoms. The van der Waals surface area contributed by atoms with Crippen molar-refractivity contribution >= 4 is 23.1 Å². The number of rotatable bonds is 3. The van der Waals surface area contributed by atoms with Crippen LogP contribution in [-0.2, 0) is 6.54 Å². The van der Waals surface area contributed by atoms with Gasteiger partial charge >= 0.3 is 0 Å². The fourth-order valence-electron chi connectivity index (χ4n) is 1.09. The van der Waals surface area contributed by atoms with Crippen molar-refractivity contribution in [3.63, 3.8) is 0 Å². The van der Waals surface area contributed by atoms with Gasteiger partial charge in [-0.25, -0.2) is 15.0 Å². The molecule has 0 saturated heterocycles. The van der Waals surface area contributed by atoms with Crippen molar-refractivity contribution in [2.24, 2.45) is 5.73 Å². The highest BCUT2D eigenvalue weighted by atomic mass is 32.2. The molecule has 78 valence electrons. The van der Waals surface area contributed by atoms with Gasteiger partial charge in [0.15, 0.2) is 9.50 Å². The van der Waals surface area contributed by atoms with Crippen molar-refractivity contribution in [2.45, 2.75) is 23.0 Å². The van der Waals surface area contributed by atoms with Gasteiger partial charge < -0.3 is 5.73 Å². The van der Waals surface area contributed by atoms with Crippen molar-refractivity contribution < 1.29 is 0 Å². The topological polar surface area (TPSA) is 64.7 Å². The highest BCUT2D eigenvalue weighted by Gasteiger charge is 2.05. The first-order valence-electron chi connectivity index (χ1n) is 4.40. The number of hydrogen-bond donors (Lipinski definition) is 1. The summed E-state index contributed by atoms with van der Waals surface area (Å²) in [5.74, 6) is 0. The molecule has 0 saturated carbocycles. The number of aromatic nitrogens is 3. The zero-order chi connectivity index (χ0) is 10.7. The van der Waals surface area contributed by atoms with Crippen molar-refractivity contribution in [1.29, 1.82) is 0 Å². The van der Waals surface area contributed by atoms with Crippen LogP contribution in [0.4, 0.5) is 0 Å². The third kappa shape index (κ3) is 2.74. The van der Waals surface area contributed by atoms with Crippen LogP contribution in [0, 0.1) is 6.92 Å². The quantitative estimate of drug-likeness (QED) is 0.827. The molecule has 0 amide bonds. The zero-order valence-corrected chi connectivity index (χ0v) is 9.81. The van der Waals surface area contributed by atoms with Crippen LogP contribution in [0.15, 0.2) is 27.1 Å². The van der Waals surface area contributed by atoms with Crippen LogP contribution in [0.5, 0.6) is 0 Å². The SMILES string of the molecule is Cc1cc(CN)nc(Sc2nccs2)n1. The second-order valence-electron chi connectivity index (χ2n) is 2.89. The molecule has 0 aliphatic heterocycles. The minimum absolute atomic E-state index is 0.439. The number of nitrogens with zero attached hydrogens (tertiary/aromatic N) is 3. The average molecular weight is 238 g/mol. The first-order valence-corrected chi connectivity index (χ1v) is 6.09. The van der Waals surface area contributed by atoms with E-state index in [9.17, 15) is 0 Å². The Kier molecular flexibility index (Phi) is 3.30. The summed E-state index contributed by atoms with van der Waals surface area (Å²) in [5.41, 5.74) is 7.35. The van der Waals surface area contributed by atoms with Crippen LogP contribution < -0.4 is 5.73 Å². The van der Waals surface area contributed by atoms with E-state index in [4.69, 9.17) is 5.73 Å². The minimum Gasteiger partial charge on any atom is -0.325 e. The van der Waals surface area contributed by atoms with Crippen LogP contribution in [0.25, 0.3) is 0 Å². The van der Waals surface area contributed by atoms with Gasteiger partial charge in [-0.1, -0.05) is 0 Å². The van der Waals surface area contributed by atoms with Crippen LogP contribution >= 0.6 is 23.1 Å². The minimum atomic E-state index is 0.439. The molecular formula is C9H10N4S2. The van der Waals surface area contributed by atoms with Crippen molar-refractivity contribution in [3.8, 4) is 0 Å². The molecule has 2 rings (SSSR count). The largest absolute Gasteiger partial charge is 0.325 e. The Labute approximate surface area is 96.0 Å². The Morgan fingerprint density at radius 1 is 1.47 bits per heavy atom. The number of hydrogen-bond acceptors (Lipinski definition) is 6. The second-order valence-corrected chi connectivity index (χ2v) is 5.00. The zero-order valence-electron chi connectivity index (χ0n) is 8.17. The van der Waals surface area contributed by atoms with E-state index in [1.807, 2.05) is 18.4 Å². The highest BCUT2D eigenvalue weighted by molar-refractivity contribution is 8.00. The second kappa shape index (κ2) is 4.69. The van der Waals surface area contributed by atoms with E-state index in [0.29, 0.717) is 11.7 Å². The highest BCUT2D eigenvalue weighted by Crippen LogP contribution is 2.26. The molecule has 0 bridgehead atoms. The van der Waals surface area contributed by atoms with Gasteiger partial charge in [-0.05, 0) is 24.8 Å². The summed E-state index contributed by atoms with van der Waals surface area (Å²) in [7, 11) is 0. The molecule has 2 aromatic rings. The summed E-state index contributed by atoms with van der Waals surface area (Å²) < 4.78 is 0.948. The van der Waals surface area contributed by atoms with E-state index in [1.54, 1.807) is 17.5 Å². The molecule has 4 nitrogen and oxygen atoms in total. The maximum Gasteiger partial charge on any atom is 0.195 e. The number of thiazole rings is 1. The van der Waals surface area contributed by atoms with Gasteiger partial charge in [0, 0.05) is 23.8 Å². The monoisotopic (exact) mass is 238 g/mol. The van der Waals surface area contributed by atoms with Gasteiger partial charge in [-0.3, -0.25) is 0 Å². The maximum atomic E-state index is 5.55. The Hall–Kier alpha value is -0.980. The summed E-state index contributed by atoms with van der Waals surface area (Å²) in [6, 6.07) is 1.89. The smallest absolute Gasteiger partial charge is 0.195 e. The molecule has 15 heavy (non-hydrogen) atoms. The summed E-state index contributed by atoms with van der Waals surface area (Å²) in [4.78, 5) is 12.8. The van der Waals surface area contributed by atoms with Gasteiger partial charge in [0.05, 0.1) is 5.69 Å². The fourth-order valence-corrected chi connectivity index (χ4v) is 2.66. The number of nitrogens with two attached hydrogens (primary N) is 1.